The first-order valence-electron chi connectivity index (χ1n) is 5.32. The van der Waals surface area contributed by atoms with E-state index in [1.807, 2.05) is 0 Å². The fraction of sp³-hybridized carbons (Fsp3) is 0.900. The molecule has 1 atom stereocenters. The molecular weight excluding hydrogens is 162 g/mol. The molecule has 0 bridgehead atoms. The van der Waals surface area contributed by atoms with Crippen LogP contribution in [0.4, 0.5) is 0 Å². The van der Waals surface area contributed by atoms with E-state index in [9.17, 15) is 0 Å². The van der Waals surface area contributed by atoms with Gasteiger partial charge in [0.2, 0.25) is 0 Å². The first kappa shape index (κ1) is 10.4. The molecule has 0 aliphatic carbocycles. The van der Waals surface area contributed by atoms with Crippen molar-refractivity contribution < 1.29 is 0 Å². The number of aliphatic imine (C=N–C) groups is 1. The molecule has 0 spiro atoms. The van der Waals surface area contributed by atoms with Gasteiger partial charge in [-0.2, -0.15) is 0 Å². The van der Waals surface area contributed by atoms with Crippen molar-refractivity contribution in [3.63, 3.8) is 0 Å². The molecule has 3 nitrogen and oxygen atoms in total. The summed E-state index contributed by atoms with van der Waals surface area (Å²) in [5.41, 5.74) is 0. The van der Waals surface area contributed by atoms with Crippen LogP contribution in [-0.2, 0) is 0 Å². The van der Waals surface area contributed by atoms with Crippen LogP contribution >= 0.6 is 0 Å². The second-order valence-electron chi connectivity index (χ2n) is 3.67. The normalized spacial score (nSPS) is 18.3. The molecule has 3 heteroatoms. The van der Waals surface area contributed by atoms with E-state index in [1.54, 1.807) is 0 Å². The Balaban J connectivity index is 2.34. The monoisotopic (exact) mass is 183 g/mol. The zero-order chi connectivity index (χ0) is 9.68. The number of nitrogens with zero attached hydrogens (tertiary/aromatic N) is 1. The molecule has 0 saturated heterocycles. The van der Waals surface area contributed by atoms with E-state index in [2.05, 4.69) is 36.4 Å². The molecule has 0 aromatic rings. The molecule has 2 N–H and O–H groups in total. The van der Waals surface area contributed by atoms with E-state index >= 15 is 0 Å². The topological polar surface area (TPSA) is 36.4 Å². The van der Waals surface area contributed by atoms with Crippen molar-refractivity contribution in [1.82, 2.24) is 10.6 Å². The van der Waals surface area contributed by atoms with Crippen LogP contribution in [0.25, 0.3) is 0 Å². The van der Waals surface area contributed by atoms with Crippen LogP contribution in [0.2, 0.25) is 0 Å². The van der Waals surface area contributed by atoms with Gasteiger partial charge in [0.15, 0.2) is 5.96 Å². The van der Waals surface area contributed by atoms with Gasteiger partial charge in [0.25, 0.3) is 0 Å². The third-order valence-electron chi connectivity index (χ3n) is 2.79. The molecule has 1 rings (SSSR count). The quantitative estimate of drug-likeness (QED) is 0.690. The van der Waals surface area contributed by atoms with Gasteiger partial charge in [0, 0.05) is 12.6 Å². The highest BCUT2D eigenvalue weighted by molar-refractivity contribution is 5.81. The Hall–Kier alpha value is -0.730. The summed E-state index contributed by atoms with van der Waals surface area (Å²) in [6.45, 7) is 8.63. The second-order valence-corrected chi connectivity index (χ2v) is 3.67. The first-order valence-corrected chi connectivity index (χ1v) is 5.32. The average Bonchev–Trinajstić information content (AvgIpc) is 2.59. The van der Waals surface area contributed by atoms with E-state index in [0.717, 1.165) is 25.0 Å². The number of nitrogens with one attached hydrogen (secondary N) is 2. The standard InChI is InChI=1S/C10H21N3/c1-4-9(5-2)8(3)13-10-11-6-7-12-10/h8-9H,4-7H2,1-3H3,(H2,11,12,13). The van der Waals surface area contributed by atoms with Crippen molar-refractivity contribution in [3.05, 3.63) is 0 Å². The average molecular weight is 183 g/mol. The maximum Gasteiger partial charge on any atom is 0.191 e. The van der Waals surface area contributed by atoms with E-state index in [4.69, 9.17) is 0 Å². The molecule has 76 valence electrons. The summed E-state index contributed by atoms with van der Waals surface area (Å²) >= 11 is 0. The highest BCUT2D eigenvalue weighted by atomic mass is 15.2. The van der Waals surface area contributed by atoms with E-state index < -0.39 is 0 Å². The van der Waals surface area contributed by atoms with Gasteiger partial charge < -0.3 is 10.6 Å². The Morgan fingerprint density at radius 3 is 2.62 bits per heavy atom. The number of hydrogen-bond acceptors (Lipinski definition) is 3. The third-order valence-corrected chi connectivity index (χ3v) is 2.79. The molecule has 1 unspecified atom stereocenters. The lowest BCUT2D eigenvalue weighted by Crippen LogP contribution is -2.42. The van der Waals surface area contributed by atoms with E-state index in [-0.39, 0.29) is 0 Å². The largest absolute Gasteiger partial charge is 0.355 e. The molecule has 0 aromatic carbocycles. The summed E-state index contributed by atoms with van der Waals surface area (Å²) < 4.78 is 0. The fourth-order valence-corrected chi connectivity index (χ4v) is 1.82. The molecule has 0 amide bonds. The van der Waals surface area contributed by atoms with Gasteiger partial charge in [-0.15, -0.1) is 0 Å². The fourth-order valence-electron chi connectivity index (χ4n) is 1.82. The van der Waals surface area contributed by atoms with E-state index in [1.165, 1.54) is 12.8 Å². The minimum Gasteiger partial charge on any atom is -0.355 e. The summed E-state index contributed by atoms with van der Waals surface area (Å²) in [5.74, 6) is 1.74. The maximum absolute atomic E-state index is 4.32. The van der Waals surface area contributed by atoms with Crippen LogP contribution in [0.15, 0.2) is 4.99 Å². The zero-order valence-electron chi connectivity index (χ0n) is 8.93. The smallest absolute Gasteiger partial charge is 0.191 e. The molecular formula is C10H21N3. The van der Waals surface area contributed by atoms with Gasteiger partial charge in [-0.3, -0.25) is 4.99 Å². The lowest BCUT2D eigenvalue weighted by molar-refractivity contribution is 0.389. The predicted octanol–water partition coefficient (Wildman–Crippen LogP) is 1.36. The first-order chi connectivity index (χ1) is 6.27. The van der Waals surface area contributed by atoms with Crippen LogP contribution < -0.4 is 10.6 Å². The summed E-state index contributed by atoms with van der Waals surface area (Å²) in [4.78, 5) is 4.32. The summed E-state index contributed by atoms with van der Waals surface area (Å²) in [5, 5.41) is 6.65. The Kier molecular flexibility index (Phi) is 4.06. The van der Waals surface area contributed by atoms with Crippen molar-refractivity contribution in [3.8, 4) is 0 Å². The summed E-state index contributed by atoms with van der Waals surface area (Å²) in [7, 11) is 0. The SMILES string of the molecule is CCC(CC)C(C)NC1=NCCN1. The number of rotatable bonds is 4. The van der Waals surface area contributed by atoms with Crippen molar-refractivity contribution in [2.24, 2.45) is 10.9 Å². The van der Waals surface area contributed by atoms with Crippen LogP contribution in [0.3, 0.4) is 0 Å². The molecule has 1 aliphatic heterocycles. The Labute approximate surface area is 81.0 Å². The minimum atomic E-state index is 0.527. The Morgan fingerprint density at radius 1 is 1.46 bits per heavy atom. The van der Waals surface area contributed by atoms with Crippen molar-refractivity contribution in [2.45, 2.75) is 39.7 Å². The Morgan fingerprint density at radius 2 is 2.15 bits per heavy atom. The molecule has 0 fully saturated rings. The van der Waals surface area contributed by atoms with Gasteiger partial charge in [-0.1, -0.05) is 26.7 Å². The van der Waals surface area contributed by atoms with Gasteiger partial charge in [-0.05, 0) is 12.8 Å². The van der Waals surface area contributed by atoms with Gasteiger partial charge in [-0.25, -0.2) is 0 Å². The van der Waals surface area contributed by atoms with Gasteiger partial charge in [0.1, 0.15) is 0 Å². The molecule has 0 aromatic heterocycles. The third kappa shape index (κ3) is 2.90. The number of guanidine groups is 1. The predicted molar refractivity (Wildman–Crippen MR) is 57.0 cm³/mol. The highest BCUT2D eigenvalue weighted by Gasteiger charge is 2.15. The lowest BCUT2D eigenvalue weighted by atomic mass is 9.96. The van der Waals surface area contributed by atoms with Crippen LogP contribution in [0, 0.1) is 5.92 Å². The summed E-state index contributed by atoms with van der Waals surface area (Å²) in [6, 6.07) is 0.527. The maximum atomic E-state index is 4.32. The van der Waals surface area contributed by atoms with Crippen molar-refractivity contribution in [1.29, 1.82) is 0 Å². The van der Waals surface area contributed by atoms with Crippen LogP contribution in [-0.4, -0.2) is 25.1 Å². The molecule has 1 aliphatic rings. The van der Waals surface area contributed by atoms with Crippen molar-refractivity contribution >= 4 is 5.96 Å². The van der Waals surface area contributed by atoms with Crippen molar-refractivity contribution in [2.75, 3.05) is 13.1 Å². The van der Waals surface area contributed by atoms with E-state index in [0.29, 0.717) is 6.04 Å². The van der Waals surface area contributed by atoms with Crippen LogP contribution in [0.1, 0.15) is 33.6 Å². The highest BCUT2D eigenvalue weighted by Crippen LogP contribution is 2.12. The second kappa shape index (κ2) is 5.10. The molecule has 13 heavy (non-hydrogen) atoms. The van der Waals surface area contributed by atoms with Gasteiger partial charge >= 0.3 is 0 Å². The minimum absolute atomic E-state index is 0.527. The number of hydrogen-bond donors (Lipinski definition) is 2. The lowest BCUT2D eigenvalue weighted by Gasteiger charge is -2.23. The van der Waals surface area contributed by atoms with Crippen LogP contribution in [0.5, 0.6) is 0 Å². The molecule has 0 radical (unpaired) electrons. The summed E-state index contributed by atoms with van der Waals surface area (Å²) in [6.07, 6.45) is 2.47. The van der Waals surface area contributed by atoms with Gasteiger partial charge in [0.05, 0.1) is 6.54 Å². The zero-order valence-corrected chi connectivity index (χ0v) is 8.93. The Bertz CT molecular complexity index is 173. The molecule has 1 heterocycles. The molecule has 0 saturated carbocycles.